The lowest BCUT2D eigenvalue weighted by Gasteiger charge is -2.17. The molecule has 1 atom stereocenters. The summed E-state index contributed by atoms with van der Waals surface area (Å²) in [7, 11) is 0. The average molecular weight is 468 g/mol. The summed E-state index contributed by atoms with van der Waals surface area (Å²) in [6.07, 6.45) is 4.91. The van der Waals surface area contributed by atoms with Gasteiger partial charge in [0.15, 0.2) is 11.0 Å². The Hall–Kier alpha value is -2.70. The third-order valence-electron chi connectivity index (χ3n) is 5.90. The van der Waals surface area contributed by atoms with Crippen LogP contribution in [0.2, 0.25) is 0 Å². The zero-order chi connectivity index (χ0) is 22.2. The van der Waals surface area contributed by atoms with Crippen LogP contribution in [0.25, 0.3) is 11.4 Å². The van der Waals surface area contributed by atoms with E-state index in [1.807, 2.05) is 4.57 Å². The van der Waals surface area contributed by atoms with E-state index in [9.17, 15) is 14.4 Å². The smallest absolute Gasteiger partial charge is 0.235 e. The number of halogens is 1. The van der Waals surface area contributed by atoms with Crippen molar-refractivity contribution in [2.75, 3.05) is 11.1 Å². The molecule has 2 aromatic heterocycles. The molecule has 2 heterocycles. The minimum absolute atomic E-state index is 0.145. The maximum absolute atomic E-state index is 14.3. The molecule has 0 radical (unpaired) electrons. The summed E-state index contributed by atoms with van der Waals surface area (Å²) < 4.78 is 16.3. The molecule has 5 rings (SSSR count). The van der Waals surface area contributed by atoms with Crippen LogP contribution in [-0.2, 0) is 17.6 Å². The van der Waals surface area contributed by atoms with Crippen LogP contribution < -0.4 is 5.32 Å². The van der Waals surface area contributed by atoms with Crippen molar-refractivity contribution in [2.24, 2.45) is 5.92 Å². The molecule has 0 spiro atoms. The molecule has 32 heavy (non-hydrogen) atoms. The molecule has 1 unspecified atom stereocenters. The van der Waals surface area contributed by atoms with E-state index in [1.54, 1.807) is 18.2 Å². The third-order valence-corrected chi connectivity index (χ3v) is 8.01. The van der Waals surface area contributed by atoms with Gasteiger partial charge in [-0.2, -0.15) is 5.26 Å². The Morgan fingerprint density at radius 2 is 2.16 bits per heavy atom. The molecule has 1 fully saturated rings. The molecule has 1 amide bonds. The fraction of sp³-hybridized carbons (Fsp3) is 0.391. The van der Waals surface area contributed by atoms with E-state index >= 15 is 0 Å². The molecule has 164 valence electrons. The number of amides is 1. The lowest BCUT2D eigenvalue weighted by Crippen LogP contribution is -2.14. The molecule has 1 N–H and O–H groups in total. The highest BCUT2D eigenvalue weighted by Crippen LogP contribution is 2.42. The SMILES string of the molecule is CC1CCc2c(sc(NC(=O)CSc3nnc(-c4ccccc4F)n3C3CC3)c2C#N)C1. The Labute approximate surface area is 193 Å². The van der Waals surface area contributed by atoms with Crippen molar-refractivity contribution in [3.8, 4) is 17.5 Å². The second-order valence-corrected chi connectivity index (χ2v) is 10.4. The molecule has 1 aromatic carbocycles. The summed E-state index contributed by atoms with van der Waals surface area (Å²) in [6.45, 7) is 2.22. The Morgan fingerprint density at radius 3 is 2.91 bits per heavy atom. The maximum Gasteiger partial charge on any atom is 0.235 e. The third kappa shape index (κ3) is 4.05. The predicted octanol–water partition coefficient (Wildman–Crippen LogP) is 5.21. The Kier molecular flexibility index (Phi) is 5.74. The molecular formula is C23H22FN5OS2. The van der Waals surface area contributed by atoms with E-state index in [-0.39, 0.29) is 23.5 Å². The van der Waals surface area contributed by atoms with Crippen LogP contribution in [-0.4, -0.2) is 26.4 Å². The van der Waals surface area contributed by atoms with Crippen molar-refractivity contribution < 1.29 is 9.18 Å². The van der Waals surface area contributed by atoms with E-state index in [4.69, 9.17) is 0 Å². The number of nitrogens with zero attached hydrogens (tertiary/aromatic N) is 4. The van der Waals surface area contributed by atoms with E-state index in [0.717, 1.165) is 37.7 Å². The first-order valence-electron chi connectivity index (χ1n) is 10.7. The van der Waals surface area contributed by atoms with Crippen molar-refractivity contribution >= 4 is 34.0 Å². The topological polar surface area (TPSA) is 83.6 Å². The summed E-state index contributed by atoms with van der Waals surface area (Å²) in [4.78, 5) is 13.9. The van der Waals surface area contributed by atoms with Gasteiger partial charge in [-0.15, -0.1) is 21.5 Å². The average Bonchev–Trinajstić information content (AvgIpc) is 3.44. The van der Waals surface area contributed by atoms with Gasteiger partial charge in [0.05, 0.1) is 16.9 Å². The van der Waals surface area contributed by atoms with Crippen molar-refractivity contribution in [1.29, 1.82) is 5.26 Å². The second-order valence-electron chi connectivity index (χ2n) is 8.39. The molecular weight excluding hydrogens is 445 g/mol. The van der Waals surface area contributed by atoms with Gasteiger partial charge in [-0.05, 0) is 55.7 Å². The Bertz CT molecular complexity index is 1220. The highest BCUT2D eigenvalue weighted by atomic mass is 32.2. The predicted molar refractivity (Wildman–Crippen MR) is 123 cm³/mol. The highest BCUT2D eigenvalue weighted by molar-refractivity contribution is 7.99. The standard InChI is InChI=1S/C23H22FN5OS2/c1-13-6-9-15-17(11-25)22(32-19(15)10-13)26-20(30)12-31-23-28-27-21(29(23)14-7-8-14)16-4-2-3-5-18(16)24/h2-5,13-14H,6-10,12H2,1H3,(H,26,30). The van der Waals surface area contributed by atoms with Gasteiger partial charge in [0.25, 0.3) is 0 Å². The van der Waals surface area contributed by atoms with Gasteiger partial charge in [0.2, 0.25) is 5.91 Å². The first-order chi connectivity index (χ1) is 15.5. The van der Waals surface area contributed by atoms with E-state index in [0.29, 0.717) is 33.0 Å². The number of rotatable bonds is 6. The number of hydrogen-bond acceptors (Lipinski definition) is 6. The number of nitrogens with one attached hydrogen (secondary N) is 1. The largest absolute Gasteiger partial charge is 0.316 e. The molecule has 1 saturated carbocycles. The summed E-state index contributed by atoms with van der Waals surface area (Å²) in [5.74, 6) is 0.725. The van der Waals surface area contributed by atoms with Gasteiger partial charge in [-0.3, -0.25) is 9.36 Å². The highest BCUT2D eigenvalue weighted by Gasteiger charge is 2.31. The number of aromatic nitrogens is 3. The van der Waals surface area contributed by atoms with Crippen molar-refractivity contribution in [1.82, 2.24) is 14.8 Å². The van der Waals surface area contributed by atoms with Crippen LogP contribution >= 0.6 is 23.1 Å². The van der Waals surface area contributed by atoms with Gasteiger partial charge >= 0.3 is 0 Å². The van der Waals surface area contributed by atoms with Crippen LogP contribution in [0.3, 0.4) is 0 Å². The minimum atomic E-state index is -0.337. The lowest BCUT2D eigenvalue weighted by atomic mass is 9.89. The van der Waals surface area contributed by atoms with Crippen LogP contribution in [0.15, 0.2) is 29.4 Å². The van der Waals surface area contributed by atoms with Gasteiger partial charge in [0, 0.05) is 10.9 Å². The van der Waals surface area contributed by atoms with Crippen LogP contribution in [0.1, 0.15) is 48.2 Å². The van der Waals surface area contributed by atoms with Crippen LogP contribution in [0, 0.1) is 23.1 Å². The van der Waals surface area contributed by atoms with Gasteiger partial charge in [-0.1, -0.05) is 30.8 Å². The quantitative estimate of drug-likeness (QED) is 0.503. The minimum Gasteiger partial charge on any atom is -0.316 e. The van der Waals surface area contributed by atoms with Crippen LogP contribution in [0.4, 0.5) is 9.39 Å². The van der Waals surface area contributed by atoms with E-state index in [1.165, 1.54) is 34.0 Å². The normalized spacial score (nSPS) is 17.6. The Balaban J connectivity index is 1.32. The summed E-state index contributed by atoms with van der Waals surface area (Å²) >= 11 is 2.81. The summed E-state index contributed by atoms with van der Waals surface area (Å²) in [5.41, 5.74) is 2.13. The monoisotopic (exact) mass is 467 g/mol. The molecule has 2 aliphatic carbocycles. The fourth-order valence-corrected chi connectivity index (χ4v) is 6.30. The zero-order valence-corrected chi connectivity index (χ0v) is 19.2. The summed E-state index contributed by atoms with van der Waals surface area (Å²) in [6, 6.07) is 9.05. The number of nitriles is 1. The number of carbonyl (C=O) groups is 1. The van der Waals surface area contributed by atoms with Crippen molar-refractivity contribution in [3.63, 3.8) is 0 Å². The first-order valence-corrected chi connectivity index (χ1v) is 12.5. The number of anilines is 1. The molecule has 0 saturated heterocycles. The molecule has 3 aromatic rings. The number of hydrogen-bond donors (Lipinski definition) is 1. The lowest BCUT2D eigenvalue weighted by molar-refractivity contribution is -0.113. The van der Waals surface area contributed by atoms with Crippen molar-refractivity contribution in [2.45, 2.75) is 50.2 Å². The van der Waals surface area contributed by atoms with Gasteiger partial charge in [0.1, 0.15) is 16.9 Å². The fourth-order valence-electron chi connectivity index (χ4n) is 4.11. The number of carbonyl (C=O) groups excluding carboxylic acids is 1. The summed E-state index contributed by atoms with van der Waals surface area (Å²) in [5, 5.41) is 22.3. The number of benzene rings is 1. The Morgan fingerprint density at radius 1 is 1.34 bits per heavy atom. The second kappa shape index (κ2) is 8.68. The number of fused-ring (bicyclic) bond motifs is 1. The molecule has 0 aliphatic heterocycles. The van der Waals surface area contributed by atoms with Gasteiger partial charge in [-0.25, -0.2) is 4.39 Å². The zero-order valence-electron chi connectivity index (χ0n) is 17.6. The molecule has 6 nitrogen and oxygen atoms in total. The van der Waals surface area contributed by atoms with E-state index < -0.39 is 0 Å². The number of thiophene rings is 1. The first kappa shape index (κ1) is 21.2. The maximum atomic E-state index is 14.3. The van der Waals surface area contributed by atoms with Crippen molar-refractivity contribution in [3.05, 3.63) is 46.1 Å². The molecule has 0 bridgehead atoms. The van der Waals surface area contributed by atoms with Crippen LogP contribution in [0.5, 0.6) is 0 Å². The number of thioether (sulfide) groups is 1. The van der Waals surface area contributed by atoms with E-state index in [2.05, 4.69) is 28.5 Å². The van der Waals surface area contributed by atoms with Gasteiger partial charge < -0.3 is 5.32 Å². The molecule has 9 heteroatoms. The molecule has 2 aliphatic rings.